The van der Waals surface area contributed by atoms with Crippen molar-refractivity contribution in [3.8, 4) is 0 Å². The summed E-state index contributed by atoms with van der Waals surface area (Å²) in [5.74, 6) is -0.841. The van der Waals surface area contributed by atoms with Gasteiger partial charge in [-0.25, -0.2) is 0 Å². The summed E-state index contributed by atoms with van der Waals surface area (Å²) in [4.78, 5) is 36.8. The normalized spacial score (nSPS) is 20.2. The maximum atomic E-state index is 12.6. The Morgan fingerprint density at radius 2 is 1.12 bits per heavy atom. The van der Waals surface area contributed by atoms with Gasteiger partial charge in [0, 0.05) is 43.9 Å². The van der Waals surface area contributed by atoms with Crippen LogP contribution in [0.4, 0.5) is 0 Å². The molecule has 4 N–H and O–H groups in total. The zero-order valence-electron chi connectivity index (χ0n) is 32.6. The Kier molecular flexibility index (Phi) is 28.4. The molecule has 0 aliphatic heterocycles. The van der Waals surface area contributed by atoms with Gasteiger partial charge >= 0.3 is 11.9 Å². The molecule has 1 aliphatic carbocycles. The van der Waals surface area contributed by atoms with E-state index in [4.69, 9.17) is 9.47 Å². The van der Waals surface area contributed by atoms with Crippen LogP contribution >= 0.6 is 0 Å². The van der Waals surface area contributed by atoms with Gasteiger partial charge in [-0.2, -0.15) is 0 Å². The van der Waals surface area contributed by atoms with Gasteiger partial charge < -0.3 is 29.9 Å². The molecule has 1 fully saturated rings. The monoisotopic (exact) mass is 725 g/mol. The molecular weight excluding hydrogens is 648 g/mol. The largest absolute Gasteiger partial charge is 0.463 e. The number of ether oxygens (including phenoxy) is 2. The number of hydrogen-bond donors (Lipinski definition) is 4. The third kappa shape index (κ3) is 25.7. The molecule has 51 heavy (non-hydrogen) atoms. The highest BCUT2D eigenvalue weighted by molar-refractivity contribution is 5.79. The minimum absolute atomic E-state index is 0.0419. The van der Waals surface area contributed by atoms with E-state index in [1.165, 1.54) is 70.6 Å². The number of carbonyl (C=O) groups is 3. The quantitative estimate of drug-likeness (QED) is 0.0298. The molecule has 6 atom stereocenters. The molecule has 0 aromatic heterocycles. The minimum Gasteiger partial charge on any atom is -0.463 e. The summed E-state index contributed by atoms with van der Waals surface area (Å²) in [5, 5.41) is 41.1. The molecule has 1 rings (SSSR count). The molecule has 0 radical (unpaired) electrons. The number of rotatable bonds is 33. The first-order chi connectivity index (χ1) is 24.5. The highest BCUT2D eigenvalue weighted by Gasteiger charge is 2.41. The van der Waals surface area contributed by atoms with Crippen molar-refractivity contribution in [2.75, 3.05) is 13.2 Å². The number of esters is 2. The van der Waals surface area contributed by atoms with Gasteiger partial charge in [0.2, 0.25) is 0 Å². The average Bonchev–Trinajstić information content (AvgIpc) is 3.35. The van der Waals surface area contributed by atoms with E-state index in [0.717, 1.165) is 44.4 Å². The van der Waals surface area contributed by atoms with Crippen molar-refractivity contribution in [3.05, 3.63) is 12.2 Å². The molecule has 0 aromatic carbocycles. The van der Waals surface area contributed by atoms with Gasteiger partial charge in [-0.05, 0) is 31.6 Å². The molecule has 0 heterocycles. The zero-order valence-corrected chi connectivity index (χ0v) is 32.6. The van der Waals surface area contributed by atoms with Crippen LogP contribution in [0.25, 0.3) is 0 Å². The van der Waals surface area contributed by atoms with Gasteiger partial charge in [0.1, 0.15) is 25.1 Å². The lowest BCUT2D eigenvalue weighted by atomic mass is 9.87. The fraction of sp³-hybridized carbons (Fsp3) is 0.881. The van der Waals surface area contributed by atoms with Crippen molar-refractivity contribution < 1.29 is 44.3 Å². The van der Waals surface area contributed by atoms with E-state index < -0.39 is 36.3 Å². The molecule has 0 saturated heterocycles. The van der Waals surface area contributed by atoms with Crippen molar-refractivity contribution in [1.82, 2.24) is 0 Å². The number of carbonyl (C=O) groups excluding carboxylic acids is 3. The van der Waals surface area contributed by atoms with E-state index in [2.05, 4.69) is 20.8 Å². The fourth-order valence-corrected chi connectivity index (χ4v) is 6.91. The lowest BCUT2D eigenvalue weighted by molar-refractivity contribution is -0.152. The summed E-state index contributed by atoms with van der Waals surface area (Å²) in [5.41, 5.74) is 0. The zero-order chi connectivity index (χ0) is 37.7. The van der Waals surface area contributed by atoms with Crippen LogP contribution in [0.15, 0.2) is 12.2 Å². The standard InChI is InChI=1S/C42H76O9/c1-4-5-17-23-34(43)27-28-37-38(40(47)30-39(37)46)29-35(44)24-20-21-26-42(49)51-32-36(45)31-50-41(48)25-19-16-14-12-10-8-6-7-9-11-13-15-18-22-33(2)3/h27-28,33-34,36-40,43,45-47H,4-26,29-32H2,1-3H3/b28-27+/t34-,36-,37+,38+,39+,40-/m0/s1. The van der Waals surface area contributed by atoms with E-state index in [-0.39, 0.29) is 56.6 Å². The van der Waals surface area contributed by atoms with E-state index >= 15 is 0 Å². The third-order valence-corrected chi connectivity index (χ3v) is 10.2. The van der Waals surface area contributed by atoms with Gasteiger partial charge in [0.05, 0.1) is 18.3 Å². The molecule has 0 unspecified atom stereocenters. The van der Waals surface area contributed by atoms with Crippen molar-refractivity contribution in [2.45, 2.75) is 206 Å². The fourth-order valence-electron chi connectivity index (χ4n) is 6.91. The van der Waals surface area contributed by atoms with Gasteiger partial charge in [-0.1, -0.05) is 136 Å². The van der Waals surface area contributed by atoms with Crippen molar-refractivity contribution in [1.29, 1.82) is 0 Å². The second kappa shape index (κ2) is 30.6. The number of aliphatic hydroxyl groups excluding tert-OH is 4. The van der Waals surface area contributed by atoms with Gasteiger partial charge in [-0.15, -0.1) is 0 Å². The van der Waals surface area contributed by atoms with Crippen molar-refractivity contribution >= 4 is 17.7 Å². The second-order valence-corrected chi connectivity index (χ2v) is 15.6. The minimum atomic E-state index is -1.09. The Labute approximate surface area is 310 Å². The summed E-state index contributed by atoms with van der Waals surface area (Å²) in [6.45, 7) is 6.22. The Morgan fingerprint density at radius 1 is 0.647 bits per heavy atom. The summed E-state index contributed by atoms with van der Waals surface area (Å²) in [6, 6.07) is 0. The highest BCUT2D eigenvalue weighted by Crippen LogP contribution is 2.36. The van der Waals surface area contributed by atoms with Crippen LogP contribution in [0.1, 0.15) is 181 Å². The summed E-state index contributed by atoms with van der Waals surface area (Å²) >= 11 is 0. The van der Waals surface area contributed by atoms with Crippen LogP contribution in [-0.2, 0) is 23.9 Å². The predicted octanol–water partition coefficient (Wildman–Crippen LogP) is 8.32. The van der Waals surface area contributed by atoms with Gasteiger partial charge in [0.15, 0.2) is 0 Å². The first kappa shape index (κ1) is 47.2. The lowest BCUT2D eigenvalue weighted by Gasteiger charge is -2.20. The van der Waals surface area contributed by atoms with Crippen LogP contribution in [0.3, 0.4) is 0 Å². The van der Waals surface area contributed by atoms with Crippen LogP contribution in [0.5, 0.6) is 0 Å². The van der Waals surface area contributed by atoms with E-state index in [9.17, 15) is 34.8 Å². The van der Waals surface area contributed by atoms with E-state index in [1.54, 1.807) is 12.2 Å². The summed E-state index contributed by atoms with van der Waals surface area (Å²) in [6.07, 6.45) is 23.3. The Hall–Kier alpha value is -1.81. The first-order valence-electron chi connectivity index (χ1n) is 20.8. The molecule has 9 nitrogen and oxygen atoms in total. The summed E-state index contributed by atoms with van der Waals surface area (Å²) < 4.78 is 10.2. The summed E-state index contributed by atoms with van der Waals surface area (Å²) in [7, 11) is 0. The Bertz CT molecular complexity index is 920. The van der Waals surface area contributed by atoms with Gasteiger partial charge in [0.25, 0.3) is 0 Å². The molecular formula is C42H76O9. The predicted molar refractivity (Wildman–Crippen MR) is 203 cm³/mol. The Balaban J connectivity index is 2.04. The molecule has 1 aliphatic rings. The second-order valence-electron chi connectivity index (χ2n) is 15.6. The van der Waals surface area contributed by atoms with E-state index in [0.29, 0.717) is 25.7 Å². The number of hydrogen-bond acceptors (Lipinski definition) is 9. The molecule has 0 amide bonds. The molecule has 0 spiro atoms. The SMILES string of the molecule is CCCCC[C@H](O)/C=C/[C@@H]1[C@@H](CC(=O)CCCCC(=O)OC[C@@H](O)COC(=O)CCCCCCCCCCCCCCCC(C)C)[C@@H](O)C[C@H]1O. The molecule has 0 bridgehead atoms. The lowest BCUT2D eigenvalue weighted by Crippen LogP contribution is -2.25. The number of Topliss-reactive ketones (excluding diaryl/α,β-unsaturated/α-hetero) is 1. The Morgan fingerprint density at radius 3 is 1.65 bits per heavy atom. The van der Waals surface area contributed by atoms with E-state index in [1.807, 2.05) is 0 Å². The maximum absolute atomic E-state index is 12.6. The molecule has 0 aromatic rings. The highest BCUT2D eigenvalue weighted by atomic mass is 16.6. The molecule has 1 saturated carbocycles. The molecule has 9 heteroatoms. The van der Waals surface area contributed by atoms with Crippen LogP contribution in [-0.4, -0.2) is 75.8 Å². The smallest absolute Gasteiger partial charge is 0.305 e. The van der Waals surface area contributed by atoms with Crippen LogP contribution < -0.4 is 0 Å². The maximum Gasteiger partial charge on any atom is 0.305 e. The van der Waals surface area contributed by atoms with Crippen molar-refractivity contribution in [2.24, 2.45) is 17.8 Å². The molecule has 298 valence electrons. The number of aliphatic hydroxyl groups is 4. The number of ketones is 1. The van der Waals surface area contributed by atoms with Crippen LogP contribution in [0.2, 0.25) is 0 Å². The average molecular weight is 725 g/mol. The van der Waals surface area contributed by atoms with Gasteiger partial charge in [-0.3, -0.25) is 14.4 Å². The van der Waals surface area contributed by atoms with Crippen molar-refractivity contribution in [3.63, 3.8) is 0 Å². The topological polar surface area (TPSA) is 151 Å². The first-order valence-corrected chi connectivity index (χ1v) is 20.8. The third-order valence-electron chi connectivity index (χ3n) is 10.2. The van der Waals surface area contributed by atoms with Crippen LogP contribution in [0, 0.1) is 17.8 Å². The number of unbranched alkanes of at least 4 members (excludes halogenated alkanes) is 15.